The number of ether oxygens (including phenoxy) is 2. The first-order valence-corrected chi connectivity index (χ1v) is 8.20. The summed E-state index contributed by atoms with van der Waals surface area (Å²) in [5.41, 5.74) is -2.88. The largest absolute Gasteiger partial charge is 0.447 e. The number of nitrogens with zero attached hydrogens (tertiary/aromatic N) is 4. The lowest BCUT2D eigenvalue weighted by molar-refractivity contribution is -0.360. The monoisotopic (exact) mass is 333 g/mol. The third-order valence-electron chi connectivity index (χ3n) is 5.83. The van der Waals surface area contributed by atoms with Gasteiger partial charge in [0.2, 0.25) is 11.7 Å². The van der Waals surface area contributed by atoms with Gasteiger partial charge in [-0.1, -0.05) is 6.42 Å². The van der Waals surface area contributed by atoms with E-state index in [1.165, 1.54) is 0 Å². The Bertz CT molecular complexity index is 850. The summed E-state index contributed by atoms with van der Waals surface area (Å²) < 4.78 is 12.1. The van der Waals surface area contributed by atoms with Gasteiger partial charge >= 0.3 is 0 Å². The normalized spacial score (nSPS) is 37.7. The summed E-state index contributed by atoms with van der Waals surface area (Å²) in [5, 5.41) is 38.6. The SMILES string of the molecule is N#CC1(C#N)[C@H]2CCCC[C@@]23OC(=N)[C@]1(C#N)[C@@H](c1ccncc1)O3. The Kier molecular flexibility index (Phi) is 3.13. The van der Waals surface area contributed by atoms with Gasteiger partial charge in [-0.2, -0.15) is 15.8 Å². The molecule has 4 atom stereocenters. The van der Waals surface area contributed by atoms with Crippen LogP contribution in [0.4, 0.5) is 0 Å². The molecule has 2 bridgehead atoms. The summed E-state index contributed by atoms with van der Waals surface area (Å²) in [6, 6.07) is 9.69. The van der Waals surface area contributed by atoms with Crippen molar-refractivity contribution in [1.82, 2.24) is 4.98 Å². The Morgan fingerprint density at radius 1 is 1.12 bits per heavy atom. The van der Waals surface area contributed by atoms with Gasteiger partial charge in [0.15, 0.2) is 10.8 Å². The Morgan fingerprint density at radius 3 is 2.48 bits per heavy atom. The van der Waals surface area contributed by atoms with Gasteiger partial charge in [0.25, 0.3) is 0 Å². The molecule has 4 heterocycles. The molecule has 1 saturated carbocycles. The Hall–Kier alpha value is -2.95. The van der Waals surface area contributed by atoms with Crippen LogP contribution in [0.3, 0.4) is 0 Å². The van der Waals surface area contributed by atoms with Crippen LogP contribution in [-0.4, -0.2) is 16.7 Å². The van der Waals surface area contributed by atoms with Crippen molar-refractivity contribution in [3.63, 3.8) is 0 Å². The second-order valence-electron chi connectivity index (χ2n) is 6.77. The highest BCUT2D eigenvalue weighted by atomic mass is 16.7. The lowest BCUT2D eigenvalue weighted by Crippen LogP contribution is -2.73. The second-order valence-corrected chi connectivity index (χ2v) is 6.77. The van der Waals surface area contributed by atoms with Gasteiger partial charge in [-0.25, -0.2) is 0 Å². The predicted octanol–water partition coefficient (Wildman–Crippen LogP) is 2.59. The van der Waals surface area contributed by atoms with E-state index in [1.54, 1.807) is 24.5 Å². The molecular formula is C18H15N5O2. The molecule has 7 heteroatoms. The quantitative estimate of drug-likeness (QED) is 0.841. The van der Waals surface area contributed by atoms with Gasteiger partial charge in [-0.05, 0) is 30.5 Å². The van der Waals surface area contributed by atoms with E-state index in [9.17, 15) is 15.8 Å². The molecule has 1 aromatic heterocycles. The molecule has 3 aliphatic heterocycles. The van der Waals surface area contributed by atoms with Crippen molar-refractivity contribution in [3.05, 3.63) is 30.1 Å². The van der Waals surface area contributed by atoms with E-state index >= 15 is 0 Å². The maximum atomic E-state index is 10.1. The zero-order valence-electron chi connectivity index (χ0n) is 13.4. The van der Waals surface area contributed by atoms with Crippen LogP contribution in [0.1, 0.15) is 37.4 Å². The molecule has 1 spiro atoms. The summed E-state index contributed by atoms with van der Waals surface area (Å²) in [6.45, 7) is 0. The van der Waals surface area contributed by atoms with E-state index in [0.29, 0.717) is 18.4 Å². The van der Waals surface area contributed by atoms with Gasteiger partial charge in [-0.15, -0.1) is 0 Å². The van der Waals surface area contributed by atoms with Gasteiger partial charge < -0.3 is 9.47 Å². The van der Waals surface area contributed by atoms with Crippen molar-refractivity contribution in [2.24, 2.45) is 16.7 Å². The fourth-order valence-electron chi connectivity index (χ4n) is 4.68. The molecule has 1 aromatic rings. The summed E-state index contributed by atoms with van der Waals surface area (Å²) in [4.78, 5) is 3.97. The Balaban J connectivity index is 2.02. The van der Waals surface area contributed by atoms with Crippen LogP contribution in [0.2, 0.25) is 0 Å². The van der Waals surface area contributed by atoms with E-state index in [0.717, 1.165) is 12.8 Å². The highest BCUT2D eigenvalue weighted by molar-refractivity contribution is 5.89. The van der Waals surface area contributed by atoms with Gasteiger partial charge in [0.05, 0.1) is 24.1 Å². The van der Waals surface area contributed by atoms with Gasteiger partial charge in [-0.3, -0.25) is 10.4 Å². The van der Waals surface area contributed by atoms with Crippen LogP contribution in [0.15, 0.2) is 24.5 Å². The van der Waals surface area contributed by atoms with E-state index < -0.39 is 28.6 Å². The van der Waals surface area contributed by atoms with Crippen LogP contribution in [0.5, 0.6) is 0 Å². The number of nitrogens with one attached hydrogen (secondary N) is 1. The molecule has 0 radical (unpaired) electrons. The minimum atomic E-state index is -1.80. The minimum absolute atomic E-state index is 0.343. The smallest absolute Gasteiger partial charge is 0.218 e. The fraction of sp³-hybridized carbons (Fsp3) is 0.500. The van der Waals surface area contributed by atoms with Crippen molar-refractivity contribution in [3.8, 4) is 18.2 Å². The molecule has 1 N–H and O–H groups in total. The number of rotatable bonds is 1. The topological polar surface area (TPSA) is 127 Å². The number of hydrogen-bond acceptors (Lipinski definition) is 7. The van der Waals surface area contributed by atoms with Crippen LogP contribution in [0, 0.1) is 56.2 Å². The maximum absolute atomic E-state index is 10.1. The van der Waals surface area contributed by atoms with E-state index in [2.05, 4.69) is 23.2 Å². The minimum Gasteiger partial charge on any atom is -0.447 e. The molecule has 0 unspecified atom stereocenters. The predicted molar refractivity (Wildman–Crippen MR) is 83.3 cm³/mol. The van der Waals surface area contributed by atoms with Crippen molar-refractivity contribution in [1.29, 1.82) is 21.2 Å². The van der Waals surface area contributed by atoms with Crippen LogP contribution < -0.4 is 0 Å². The van der Waals surface area contributed by atoms with E-state index in [-0.39, 0.29) is 5.90 Å². The first-order valence-electron chi connectivity index (χ1n) is 8.20. The van der Waals surface area contributed by atoms with Crippen LogP contribution in [-0.2, 0) is 9.47 Å². The average molecular weight is 333 g/mol. The highest BCUT2D eigenvalue weighted by Gasteiger charge is 2.80. The summed E-state index contributed by atoms with van der Waals surface area (Å²) in [5.74, 6) is -2.10. The van der Waals surface area contributed by atoms with Crippen molar-refractivity contribution in [2.45, 2.75) is 37.6 Å². The fourth-order valence-corrected chi connectivity index (χ4v) is 4.68. The summed E-state index contributed by atoms with van der Waals surface area (Å²) >= 11 is 0. The van der Waals surface area contributed by atoms with Gasteiger partial charge in [0.1, 0.15) is 6.10 Å². The van der Waals surface area contributed by atoms with Crippen LogP contribution >= 0.6 is 0 Å². The number of nitriles is 3. The van der Waals surface area contributed by atoms with Crippen molar-refractivity contribution in [2.75, 3.05) is 0 Å². The standard InChI is InChI=1S/C18H15N5O2/c19-9-16(10-20)13-3-1-2-6-18(13)24-14(12-4-7-23-8-5-12)17(16,11-21)15(22)25-18/h4-5,7-8,13-14,22H,1-3,6H2/t13-,14-,17+,18-/m1/s1. The number of fused-ring (bicyclic) bond motifs is 2. The lowest BCUT2D eigenvalue weighted by Gasteiger charge is -2.63. The first kappa shape index (κ1) is 15.6. The molecule has 0 amide bonds. The highest BCUT2D eigenvalue weighted by Crippen LogP contribution is 2.69. The molecule has 7 nitrogen and oxygen atoms in total. The average Bonchev–Trinajstić information content (AvgIpc) is 2.66. The molecule has 25 heavy (non-hydrogen) atoms. The number of pyridine rings is 1. The second kappa shape index (κ2) is 5.02. The Morgan fingerprint density at radius 2 is 1.84 bits per heavy atom. The first-order chi connectivity index (χ1) is 12.1. The number of hydrogen-bond donors (Lipinski definition) is 1. The van der Waals surface area contributed by atoms with Crippen molar-refractivity contribution < 1.29 is 9.47 Å². The lowest BCUT2D eigenvalue weighted by atomic mass is 9.48. The molecule has 3 saturated heterocycles. The van der Waals surface area contributed by atoms with Crippen LogP contribution in [0.25, 0.3) is 0 Å². The summed E-state index contributed by atoms with van der Waals surface area (Å²) in [7, 11) is 0. The Labute approximate surface area is 144 Å². The zero-order chi connectivity index (χ0) is 17.7. The molecule has 0 aromatic carbocycles. The van der Waals surface area contributed by atoms with Crippen molar-refractivity contribution >= 4 is 5.90 Å². The molecular weight excluding hydrogens is 318 g/mol. The molecule has 4 fully saturated rings. The van der Waals surface area contributed by atoms with Gasteiger partial charge in [0, 0.05) is 18.8 Å². The van der Waals surface area contributed by atoms with E-state index in [1.807, 2.05) is 0 Å². The van der Waals surface area contributed by atoms with E-state index in [4.69, 9.17) is 14.9 Å². The molecule has 4 aliphatic rings. The molecule has 124 valence electrons. The third-order valence-corrected chi connectivity index (χ3v) is 5.83. The zero-order valence-corrected chi connectivity index (χ0v) is 13.4. The number of aromatic nitrogens is 1. The third kappa shape index (κ3) is 1.60. The molecule has 5 rings (SSSR count). The maximum Gasteiger partial charge on any atom is 0.218 e. The summed E-state index contributed by atoms with van der Waals surface area (Å²) in [6.07, 6.45) is 4.91. The molecule has 1 aliphatic carbocycles.